The molecule has 0 aliphatic carbocycles. The van der Waals surface area contributed by atoms with Crippen LogP contribution in [0, 0.1) is 0 Å². The highest BCUT2D eigenvalue weighted by molar-refractivity contribution is 5.85. The molecule has 108 valence electrons. The van der Waals surface area contributed by atoms with Gasteiger partial charge in [-0.1, -0.05) is 6.07 Å². The van der Waals surface area contributed by atoms with E-state index in [2.05, 4.69) is 15.6 Å². The molecule has 0 aromatic carbocycles. The Morgan fingerprint density at radius 1 is 1.50 bits per heavy atom. The smallest absolute Gasteiger partial charge is 0.354 e. The van der Waals surface area contributed by atoms with Crippen LogP contribution in [0.15, 0.2) is 18.3 Å². The molecule has 0 unspecified atom stereocenters. The lowest BCUT2D eigenvalue weighted by Crippen LogP contribution is -2.59. The number of rotatable bonds is 6. The molecule has 1 amide bonds. The standard InChI is InChI=1S/C13H17N3O4/c1-13(7-14-8-13)20-6-11(17)16-5-9-2-3-10(12(18)19)15-4-9/h2-4,14H,5-8H2,1H3,(H,16,17)(H,18,19). The maximum absolute atomic E-state index is 11.6. The minimum Gasteiger partial charge on any atom is -0.477 e. The Hall–Kier alpha value is -1.99. The highest BCUT2D eigenvalue weighted by Crippen LogP contribution is 2.14. The lowest BCUT2D eigenvalue weighted by molar-refractivity contribution is -0.136. The third-order valence-electron chi connectivity index (χ3n) is 3.08. The highest BCUT2D eigenvalue weighted by atomic mass is 16.5. The first-order chi connectivity index (χ1) is 9.48. The zero-order valence-electron chi connectivity index (χ0n) is 11.2. The fourth-order valence-electron chi connectivity index (χ4n) is 1.73. The quantitative estimate of drug-likeness (QED) is 0.665. The van der Waals surface area contributed by atoms with Crippen molar-refractivity contribution in [3.63, 3.8) is 0 Å². The molecule has 0 radical (unpaired) electrons. The molecule has 1 aromatic rings. The van der Waals surface area contributed by atoms with Crippen molar-refractivity contribution in [2.75, 3.05) is 19.7 Å². The number of hydrogen-bond donors (Lipinski definition) is 3. The van der Waals surface area contributed by atoms with Gasteiger partial charge in [0.2, 0.25) is 5.91 Å². The van der Waals surface area contributed by atoms with Gasteiger partial charge < -0.3 is 20.5 Å². The van der Waals surface area contributed by atoms with Crippen molar-refractivity contribution < 1.29 is 19.4 Å². The van der Waals surface area contributed by atoms with Gasteiger partial charge in [0.25, 0.3) is 0 Å². The van der Waals surface area contributed by atoms with Crippen molar-refractivity contribution in [2.45, 2.75) is 19.1 Å². The van der Waals surface area contributed by atoms with E-state index >= 15 is 0 Å². The second-order valence-corrected chi connectivity index (χ2v) is 4.98. The number of amides is 1. The molecule has 1 aliphatic rings. The van der Waals surface area contributed by atoms with E-state index < -0.39 is 5.97 Å². The number of nitrogens with one attached hydrogen (secondary N) is 2. The fraction of sp³-hybridized carbons (Fsp3) is 0.462. The van der Waals surface area contributed by atoms with Gasteiger partial charge >= 0.3 is 5.97 Å². The molecular formula is C13H17N3O4. The minimum absolute atomic E-state index is 0.0127. The van der Waals surface area contributed by atoms with Gasteiger partial charge in [0.15, 0.2) is 0 Å². The van der Waals surface area contributed by atoms with E-state index in [0.29, 0.717) is 6.54 Å². The number of carboxylic acids is 1. The predicted octanol–water partition coefficient (Wildman–Crippen LogP) is -0.225. The van der Waals surface area contributed by atoms with E-state index in [0.717, 1.165) is 18.7 Å². The summed E-state index contributed by atoms with van der Waals surface area (Å²) in [6.45, 7) is 3.76. The first-order valence-electron chi connectivity index (χ1n) is 6.28. The van der Waals surface area contributed by atoms with Crippen LogP contribution in [0.25, 0.3) is 0 Å². The van der Waals surface area contributed by atoms with Gasteiger partial charge in [-0.3, -0.25) is 4.79 Å². The Morgan fingerprint density at radius 3 is 2.75 bits per heavy atom. The zero-order valence-corrected chi connectivity index (χ0v) is 11.2. The molecular weight excluding hydrogens is 262 g/mol. The first kappa shape index (κ1) is 14.4. The van der Waals surface area contributed by atoms with Crippen molar-refractivity contribution in [3.8, 4) is 0 Å². The third kappa shape index (κ3) is 3.75. The minimum atomic E-state index is -1.07. The summed E-state index contributed by atoms with van der Waals surface area (Å²) >= 11 is 0. The number of ether oxygens (including phenoxy) is 1. The molecule has 0 spiro atoms. The van der Waals surface area contributed by atoms with E-state index in [-0.39, 0.29) is 23.8 Å². The average molecular weight is 279 g/mol. The molecule has 0 saturated carbocycles. The summed E-state index contributed by atoms with van der Waals surface area (Å²) in [6, 6.07) is 3.02. The summed E-state index contributed by atoms with van der Waals surface area (Å²) in [5, 5.41) is 14.5. The Morgan fingerprint density at radius 2 is 2.25 bits per heavy atom. The highest BCUT2D eigenvalue weighted by Gasteiger charge is 2.32. The Bertz CT molecular complexity index is 497. The number of carboxylic acid groups (broad SMARTS) is 1. The van der Waals surface area contributed by atoms with Gasteiger partial charge in [-0.15, -0.1) is 0 Å². The summed E-state index contributed by atoms with van der Waals surface area (Å²) in [6.07, 6.45) is 1.43. The van der Waals surface area contributed by atoms with E-state index in [4.69, 9.17) is 9.84 Å². The van der Waals surface area contributed by atoms with Gasteiger partial charge in [-0.05, 0) is 18.6 Å². The molecule has 1 aliphatic heterocycles. The van der Waals surface area contributed by atoms with Gasteiger partial charge in [-0.25, -0.2) is 9.78 Å². The van der Waals surface area contributed by atoms with E-state index in [1.807, 2.05) is 6.92 Å². The molecule has 0 atom stereocenters. The maximum atomic E-state index is 11.6. The largest absolute Gasteiger partial charge is 0.477 e. The van der Waals surface area contributed by atoms with Gasteiger partial charge in [0, 0.05) is 25.8 Å². The van der Waals surface area contributed by atoms with Crippen molar-refractivity contribution in [1.82, 2.24) is 15.6 Å². The third-order valence-corrected chi connectivity index (χ3v) is 3.08. The van der Waals surface area contributed by atoms with Crippen LogP contribution >= 0.6 is 0 Å². The van der Waals surface area contributed by atoms with Crippen LogP contribution in [-0.2, 0) is 16.1 Å². The molecule has 2 rings (SSSR count). The van der Waals surface area contributed by atoms with Crippen molar-refractivity contribution in [3.05, 3.63) is 29.6 Å². The second-order valence-electron chi connectivity index (χ2n) is 4.98. The van der Waals surface area contributed by atoms with Crippen LogP contribution in [0.5, 0.6) is 0 Å². The molecule has 1 saturated heterocycles. The summed E-state index contributed by atoms with van der Waals surface area (Å²) in [5.41, 5.74) is 0.468. The normalized spacial score (nSPS) is 16.2. The topological polar surface area (TPSA) is 101 Å². The van der Waals surface area contributed by atoms with E-state index in [1.165, 1.54) is 12.3 Å². The summed E-state index contributed by atoms with van der Waals surface area (Å²) in [4.78, 5) is 26.0. The molecule has 0 bridgehead atoms. The Kier molecular flexibility index (Phi) is 4.31. The summed E-state index contributed by atoms with van der Waals surface area (Å²) < 4.78 is 5.50. The molecule has 1 aromatic heterocycles. The number of carbonyl (C=O) groups is 2. The number of aromatic nitrogens is 1. The fourth-order valence-corrected chi connectivity index (χ4v) is 1.73. The van der Waals surface area contributed by atoms with E-state index in [1.54, 1.807) is 6.07 Å². The molecule has 7 heteroatoms. The number of hydrogen-bond acceptors (Lipinski definition) is 5. The summed E-state index contributed by atoms with van der Waals surface area (Å²) in [5.74, 6) is -1.28. The SMILES string of the molecule is CC1(OCC(=O)NCc2ccc(C(=O)O)nc2)CNC1. The van der Waals surface area contributed by atoms with Crippen LogP contribution < -0.4 is 10.6 Å². The van der Waals surface area contributed by atoms with Crippen LogP contribution in [0.2, 0.25) is 0 Å². The number of nitrogens with zero attached hydrogens (tertiary/aromatic N) is 1. The average Bonchev–Trinajstić information content (AvgIpc) is 2.41. The van der Waals surface area contributed by atoms with Crippen molar-refractivity contribution in [1.29, 1.82) is 0 Å². The van der Waals surface area contributed by atoms with Crippen molar-refractivity contribution >= 4 is 11.9 Å². The number of pyridine rings is 1. The van der Waals surface area contributed by atoms with Crippen molar-refractivity contribution in [2.24, 2.45) is 0 Å². The molecule has 2 heterocycles. The number of aromatic carboxylic acids is 1. The molecule has 3 N–H and O–H groups in total. The van der Waals surface area contributed by atoms with Gasteiger partial charge in [0.1, 0.15) is 12.3 Å². The number of carbonyl (C=O) groups excluding carboxylic acids is 1. The van der Waals surface area contributed by atoms with Crippen LogP contribution in [0.3, 0.4) is 0 Å². The van der Waals surface area contributed by atoms with Crippen LogP contribution in [0.1, 0.15) is 23.0 Å². The Balaban J connectivity index is 1.73. The van der Waals surface area contributed by atoms with Crippen LogP contribution in [0.4, 0.5) is 0 Å². The van der Waals surface area contributed by atoms with Crippen LogP contribution in [-0.4, -0.2) is 47.3 Å². The van der Waals surface area contributed by atoms with Gasteiger partial charge in [0.05, 0.1) is 5.60 Å². The Labute approximate surface area is 116 Å². The molecule has 7 nitrogen and oxygen atoms in total. The lowest BCUT2D eigenvalue weighted by Gasteiger charge is -2.38. The lowest BCUT2D eigenvalue weighted by atomic mass is 10.0. The predicted molar refractivity (Wildman–Crippen MR) is 70.3 cm³/mol. The van der Waals surface area contributed by atoms with E-state index in [9.17, 15) is 9.59 Å². The maximum Gasteiger partial charge on any atom is 0.354 e. The molecule has 1 fully saturated rings. The summed E-state index contributed by atoms with van der Waals surface area (Å²) in [7, 11) is 0. The van der Waals surface area contributed by atoms with Gasteiger partial charge in [-0.2, -0.15) is 0 Å². The monoisotopic (exact) mass is 279 g/mol. The second kappa shape index (κ2) is 5.98. The first-order valence-corrected chi connectivity index (χ1v) is 6.28. The zero-order chi connectivity index (χ0) is 14.6. The molecule has 20 heavy (non-hydrogen) atoms.